The van der Waals surface area contributed by atoms with Gasteiger partial charge in [-0.1, -0.05) is 60.7 Å². The van der Waals surface area contributed by atoms with Crippen LogP contribution < -0.4 is 14.8 Å². The molecular formula is C25H20N2O2. The molecule has 0 fully saturated rings. The zero-order chi connectivity index (χ0) is 19.8. The molecule has 1 N–H and O–H groups in total. The van der Waals surface area contributed by atoms with Crippen LogP contribution in [0.4, 0.5) is 5.69 Å². The monoisotopic (exact) mass is 380 g/mol. The third kappa shape index (κ3) is 2.64. The van der Waals surface area contributed by atoms with Gasteiger partial charge in [-0.3, -0.25) is 4.98 Å². The van der Waals surface area contributed by atoms with Gasteiger partial charge in [0.1, 0.15) is 5.52 Å². The van der Waals surface area contributed by atoms with Gasteiger partial charge in [-0.15, -0.1) is 0 Å². The Morgan fingerprint density at radius 2 is 1.45 bits per heavy atom. The van der Waals surface area contributed by atoms with Gasteiger partial charge in [0.05, 0.1) is 19.9 Å². The lowest BCUT2D eigenvalue weighted by Gasteiger charge is -2.24. The van der Waals surface area contributed by atoms with Crippen LogP contribution in [0.5, 0.6) is 11.5 Å². The quantitative estimate of drug-likeness (QED) is 0.473. The number of methoxy groups -OCH3 is 2. The molecule has 142 valence electrons. The van der Waals surface area contributed by atoms with Crippen LogP contribution in [0.3, 0.4) is 0 Å². The number of rotatable bonds is 4. The molecule has 0 bridgehead atoms. The fourth-order valence-electron chi connectivity index (χ4n) is 4.05. The minimum atomic E-state index is 0.642. The highest BCUT2D eigenvalue weighted by Gasteiger charge is 2.26. The first-order valence-electron chi connectivity index (χ1n) is 9.48. The first-order valence-corrected chi connectivity index (χ1v) is 9.48. The topological polar surface area (TPSA) is 43.4 Å². The number of hydrogen-bond donors (Lipinski definition) is 1. The van der Waals surface area contributed by atoms with E-state index in [4.69, 9.17) is 14.5 Å². The number of benzene rings is 3. The molecule has 1 aliphatic rings. The predicted molar refractivity (Wildman–Crippen MR) is 118 cm³/mol. The van der Waals surface area contributed by atoms with Crippen molar-refractivity contribution in [2.45, 2.75) is 0 Å². The van der Waals surface area contributed by atoms with E-state index in [1.165, 1.54) is 0 Å². The normalized spacial score (nSPS) is 11.9. The molecule has 0 unspecified atom stereocenters. The zero-order valence-corrected chi connectivity index (χ0v) is 16.3. The lowest BCUT2D eigenvalue weighted by Crippen LogP contribution is -2.05. The Morgan fingerprint density at radius 1 is 0.793 bits per heavy atom. The van der Waals surface area contributed by atoms with Crippen LogP contribution in [0.25, 0.3) is 39.2 Å². The standard InChI is InChI=1S/C25H20N2O2/c1-28-24-20(17-11-7-4-8-12-17)18-13-14-26-22-19(16-9-5-3-6-10-16)15-27-23(21(18)22)25(24)29-2/h3-15,26H,1-2H3. The Hall–Kier alpha value is -3.79. The molecule has 0 radical (unpaired) electrons. The molecule has 0 amide bonds. The van der Waals surface area contributed by atoms with Gasteiger partial charge >= 0.3 is 0 Å². The summed E-state index contributed by atoms with van der Waals surface area (Å²) in [4.78, 5) is 4.80. The summed E-state index contributed by atoms with van der Waals surface area (Å²) >= 11 is 0. The smallest absolute Gasteiger partial charge is 0.187 e. The average Bonchev–Trinajstić information content (AvgIpc) is 2.80. The fraction of sp³-hybridized carbons (Fsp3) is 0.0800. The maximum atomic E-state index is 5.83. The van der Waals surface area contributed by atoms with Gasteiger partial charge in [-0.25, -0.2) is 0 Å². The molecule has 2 heterocycles. The number of nitrogens with one attached hydrogen (secondary N) is 1. The Bertz CT molecular complexity index is 1230. The number of hydrogen-bond acceptors (Lipinski definition) is 4. The molecule has 0 aliphatic carbocycles. The van der Waals surface area contributed by atoms with E-state index >= 15 is 0 Å². The van der Waals surface area contributed by atoms with Crippen LogP contribution in [0.15, 0.2) is 73.1 Å². The van der Waals surface area contributed by atoms with E-state index in [0.29, 0.717) is 11.5 Å². The van der Waals surface area contributed by atoms with Crippen molar-refractivity contribution in [2.75, 3.05) is 19.5 Å². The average molecular weight is 380 g/mol. The summed E-state index contributed by atoms with van der Waals surface area (Å²) in [6.07, 6.45) is 5.95. The molecule has 5 rings (SSSR count). The number of aromatic nitrogens is 1. The Morgan fingerprint density at radius 3 is 2.10 bits per heavy atom. The van der Waals surface area contributed by atoms with E-state index in [1.54, 1.807) is 14.2 Å². The van der Waals surface area contributed by atoms with Gasteiger partial charge in [0.2, 0.25) is 0 Å². The predicted octanol–water partition coefficient (Wildman–Crippen LogP) is 5.98. The largest absolute Gasteiger partial charge is 0.492 e. The lowest BCUT2D eigenvalue weighted by molar-refractivity contribution is 0.359. The summed E-state index contributed by atoms with van der Waals surface area (Å²) in [5, 5.41) is 4.48. The van der Waals surface area contributed by atoms with E-state index < -0.39 is 0 Å². The molecular weight excluding hydrogens is 360 g/mol. The summed E-state index contributed by atoms with van der Waals surface area (Å²) in [6.45, 7) is 0. The summed E-state index contributed by atoms with van der Waals surface area (Å²) < 4.78 is 11.6. The van der Waals surface area contributed by atoms with Gasteiger partial charge in [-0.2, -0.15) is 0 Å². The van der Waals surface area contributed by atoms with E-state index in [2.05, 4.69) is 35.7 Å². The van der Waals surface area contributed by atoms with Crippen molar-refractivity contribution < 1.29 is 9.47 Å². The van der Waals surface area contributed by atoms with Gasteiger partial charge in [-0.05, 0) is 22.8 Å². The second kappa shape index (κ2) is 6.99. The second-order valence-corrected chi connectivity index (χ2v) is 6.84. The molecule has 4 aromatic rings. The van der Waals surface area contributed by atoms with E-state index in [1.807, 2.05) is 48.8 Å². The van der Waals surface area contributed by atoms with Crippen LogP contribution in [0.2, 0.25) is 0 Å². The molecule has 0 saturated heterocycles. The van der Waals surface area contributed by atoms with Gasteiger partial charge in [0.25, 0.3) is 0 Å². The van der Waals surface area contributed by atoms with Gasteiger partial charge < -0.3 is 14.8 Å². The third-order valence-electron chi connectivity index (χ3n) is 5.30. The van der Waals surface area contributed by atoms with Crippen LogP contribution in [0.1, 0.15) is 5.56 Å². The Labute approximate surface area is 169 Å². The van der Waals surface area contributed by atoms with Crippen molar-refractivity contribution in [3.8, 4) is 33.8 Å². The summed E-state index contributed by atoms with van der Waals surface area (Å²) in [7, 11) is 3.33. The van der Waals surface area contributed by atoms with Crippen LogP contribution >= 0.6 is 0 Å². The first kappa shape index (κ1) is 17.3. The molecule has 0 spiro atoms. The Balaban J connectivity index is 1.94. The molecule has 1 aliphatic heterocycles. The highest BCUT2D eigenvalue weighted by Crippen LogP contribution is 2.51. The molecule has 29 heavy (non-hydrogen) atoms. The minimum Gasteiger partial charge on any atom is -0.492 e. The fourth-order valence-corrected chi connectivity index (χ4v) is 4.05. The number of pyridine rings is 1. The van der Waals surface area contributed by atoms with Gasteiger partial charge in [0, 0.05) is 28.9 Å². The SMILES string of the molecule is COc1c(-c2ccccc2)c2c3c(c(-c4ccccc4)cnc3c1OC)NC=C2. The van der Waals surface area contributed by atoms with Crippen LogP contribution in [-0.4, -0.2) is 19.2 Å². The van der Waals surface area contributed by atoms with Crippen LogP contribution in [-0.2, 0) is 0 Å². The highest BCUT2D eigenvalue weighted by atomic mass is 16.5. The molecule has 3 aromatic carbocycles. The maximum absolute atomic E-state index is 5.83. The summed E-state index contributed by atoms with van der Waals surface area (Å²) in [5.74, 6) is 1.33. The molecule has 4 nitrogen and oxygen atoms in total. The van der Waals surface area contributed by atoms with Crippen molar-refractivity contribution in [2.24, 2.45) is 0 Å². The van der Waals surface area contributed by atoms with E-state index in [-0.39, 0.29) is 0 Å². The molecule has 0 saturated carbocycles. The summed E-state index contributed by atoms with van der Waals surface area (Å²) in [6, 6.07) is 20.5. The highest BCUT2D eigenvalue weighted by molar-refractivity contribution is 6.13. The molecule has 4 heteroatoms. The number of anilines is 1. The number of nitrogens with zero attached hydrogens (tertiary/aromatic N) is 1. The number of ether oxygens (including phenoxy) is 2. The third-order valence-corrected chi connectivity index (χ3v) is 5.30. The molecule has 0 atom stereocenters. The van der Waals surface area contributed by atoms with Crippen molar-refractivity contribution in [3.05, 3.63) is 78.6 Å². The van der Waals surface area contributed by atoms with E-state index in [9.17, 15) is 0 Å². The van der Waals surface area contributed by atoms with Crippen molar-refractivity contribution >= 4 is 22.7 Å². The summed E-state index contributed by atoms with van der Waals surface area (Å²) in [5.41, 5.74) is 7.12. The van der Waals surface area contributed by atoms with Crippen LogP contribution in [0, 0.1) is 0 Å². The Kier molecular flexibility index (Phi) is 4.17. The maximum Gasteiger partial charge on any atom is 0.187 e. The van der Waals surface area contributed by atoms with E-state index in [0.717, 1.165) is 44.4 Å². The second-order valence-electron chi connectivity index (χ2n) is 6.84. The minimum absolute atomic E-state index is 0.642. The van der Waals surface area contributed by atoms with Crippen molar-refractivity contribution in [1.82, 2.24) is 4.98 Å². The lowest BCUT2D eigenvalue weighted by atomic mass is 9.90. The van der Waals surface area contributed by atoms with Crippen molar-refractivity contribution in [1.29, 1.82) is 0 Å². The first-order chi connectivity index (χ1) is 14.3. The van der Waals surface area contributed by atoms with Crippen molar-refractivity contribution in [3.63, 3.8) is 0 Å². The van der Waals surface area contributed by atoms with Gasteiger partial charge in [0.15, 0.2) is 11.5 Å². The molecule has 1 aromatic heterocycles. The zero-order valence-electron chi connectivity index (χ0n) is 16.3.